The highest BCUT2D eigenvalue weighted by Gasteiger charge is 2.47. The molecule has 122 valence electrons. The molecule has 2 fully saturated rings. The van der Waals surface area contributed by atoms with Gasteiger partial charge in [-0.05, 0) is 24.8 Å². The van der Waals surface area contributed by atoms with Gasteiger partial charge in [-0.15, -0.1) is 0 Å². The van der Waals surface area contributed by atoms with E-state index in [4.69, 9.17) is 0 Å². The molecule has 1 N–H and O–H groups in total. The number of hydrogen-bond donors (Lipinski definition) is 1. The number of nitrogens with one attached hydrogen (secondary N) is 1. The van der Waals surface area contributed by atoms with Gasteiger partial charge in [0.2, 0.25) is 11.8 Å². The standard InChI is InChI=1S/C17H20N2O4/c1-5-10(9(3)4)14-11(6-2)16(22)19(17(14)23)12-7-8-13(20)18-15(12)21/h5-6,9,12H,1,7-8H2,2-4H3,(H,18,20,21)/b11-6+,14-10-. The van der Waals surface area contributed by atoms with Crippen molar-refractivity contribution >= 4 is 23.6 Å². The van der Waals surface area contributed by atoms with Gasteiger partial charge >= 0.3 is 0 Å². The van der Waals surface area contributed by atoms with Crippen molar-refractivity contribution in [2.75, 3.05) is 0 Å². The van der Waals surface area contributed by atoms with Crippen molar-refractivity contribution in [3.05, 3.63) is 35.5 Å². The average molecular weight is 316 g/mol. The second-order valence-corrected chi connectivity index (χ2v) is 5.84. The van der Waals surface area contributed by atoms with E-state index < -0.39 is 23.8 Å². The SMILES string of the molecule is C=C/C(=C1/C(=O)N(C2CCC(=O)NC2=O)C(=O)/C1=C/C)C(C)C. The van der Waals surface area contributed by atoms with E-state index in [0.29, 0.717) is 11.1 Å². The van der Waals surface area contributed by atoms with E-state index in [1.165, 1.54) is 0 Å². The van der Waals surface area contributed by atoms with Gasteiger partial charge in [0.25, 0.3) is 11.8 Å². The molecule has 2 saturated heterocycles. The molecule has 0 aromatic rings. The van der Waals surface area contributed by atoms with Gasteiger partial charge in [0.1, 0.15) is 6.04 Å². The fourth-order valence-electron chi connectivity index (χ4n) is 2.95. The molecule has 2 heterocycles. The van der Waals surface area contributed by atoms with E-state index in [0.717, 1.165) is 4.90 Å². The molecule has 6 heteroatoms. The molecule has 23 heavy (non-hydrogen) atoms. The number of hydrogen-bond acceptors (Lipinski definition) is 4. The van der Waals surface area contributed by atoms with E-state index in [-0.39, 0.29) is 30.2 Å². The van der Waals surface area contributed by atoms with Gasteiger partial charge < -0.3 is 0 Å². The molecule has 1 atom stereocenters. The second kappa shape index (κ2) is 6.32. The summed E-state index contributed by atoms with van der Waals surface area (Å²) in [5.74, 6) is -1.98. The van der Waals surface area contributed by atoms with Gasteiger partial charge in [-0.1, -0.05) is 32.6 Å². The first-order valence-electron chi connectivity index (χ1n) is 7.58. The van der Waals surface area contributed by atoms with Crippen LogP contribution in [0.1, 0.15) is 33.6 Å². The predicted molar refractivity (Wildman–Crippen MR) is 83.8 cm³/mol. The molecule has 0 aromatic heterocycles. The Balaban J connectivity index is 2.51. The number of rotatable bonds is 3. The lowest BCUT2D eigenvalue weighted by Crippen LogP contribution is -2.54. The largest absolute Gasteiger partial charge is 0.295 e. The molecule has 2 rings (SSSR count). The molecule has 2 aliphatic heterocycles. The van der Waals surface area contributed by atoms with Crippen LogP contribution in [0.5, 0.6) is 0 Å². The van der Waals surface area contributed by atoms with Crippen molar-refractivity contribution in [1.82, 2.24) is 10.2 Å². The normalized spacial score (nSPS) is 26.2. The average Bonchev–Trinajstić information content (AvgIpc) is 2.71. The fourth-order valence-corrected chi connectivity index (χ4v) is 2.95. The first-order valence-corrected chi connectivity index (χ1v) is 7.58. The minimum atomic E-state index is -0.946. The van der Waals surface area contributed by atoms with Gasteiger partial charge in [0, 0.05) is 12.0 Å². The topological polar surface area (TPSA) is 83.6 Å². The molecule has 2 aliphatic rings. The third-order valence-corrected chi connectivity index (χ3v) is 4.09. The summed E-state index contributed by atoms with van der Waals surface area (Å²) in [6.45, 7) is 9.22. The summed E-state index contributed by atoms with van der Waals surface area (Å²) in [5, 5.41) is 2.18. The maximum atomic E-state index is 12.8. The minimum absolute atomic E-state index is 0.0101. The summed E-state index contributed by atoms with van der Waals surface area (Å²) >= 11 is 0. The van der Waals surface area contributed by atoms with Crippen LogP contribution < -0.4 is 5.32 Å². The Morgan fingerprint density at radius 3 is 2.39 bits per heavy atom. The zero-order valence-electron chi connectivity index (χ0n) is 13.5. The minimum Gasteiger partial charge on any atom is -0.295 e. The highest BCUT2D eigenvalue weighted by atomic mass is 16.2. The van der Waals surface area contributed by atoms with Crippen molar-refractivity contribution in [1.29, 1.82) is 0 Å². The van der Waals surface area contributed by atoms with Gasteiger partial charge in [-0.25, -0.2) is 0 Å². The predicted octanol–water partition coefficient (Wildman–Crippen LogP) is 1.25. The molecular formula is C17H20N2O4. The van der Waals surface area contributed by atoms with Gasteiger partial charge in [0.15, 0.2) is 0 Å². The number of carbonyl (C=O) groups is 4. The molecular weight excluding hydrogens is 296 g/mol. The Morgan fingerprint density at radius 2 is 1.91 bits per heavy atom. The van der Waals surface area contributed by atoms with E-state index in [2.05, 4.69) is 11.9 Å². The van der Waals surface area contributed by atoms with Crippen molar-refractivity contribution in [3.8, 4) is 0 Å². The molecule has 6 nitrogen and oxygen atoms in total. The maximum Gasteiger partial charge on any atom is 0.262 e. The smallest absolute Gasteiger partial charge is 0.262 e. The second-order valence-electron chi connectivity index (χ2n) is 5.84. The van der Waals surface area contributed by atoms with Crippen LogP contribution in [0.3, 0.4) is 0 Å². The molecule has 0 spiro atoms. The number of imide groups is 2. The van der Waals surface area contributed by atoms with Crippen LogP contribution in [-0.4, -0.2) is 34.6 Å². The molecule has 0 bridgehead atoms. The number of carbonyl (C=O) groups excluding carboxylic acids is 4. The van der Waals surface area contributed by atoms with Crippen molar-refractivity contribution < 1.29 is 19.2 Å². The van der Waals surface area contributed by atoms with Crippen LogP contribution in [-0.2, 0) is 19.2 Å². The van der Waals surface area contributed by atoms with Gasteiger partial charge in [0.05, 0.1) is 5.57 Å². The molecule has 4 amide bonds. The van der Waals surface area contributed by atoms with Crippen LogP contribution >= 0.6 is 0 Å². The van der Waals surface area contributed by atoms with E-state index in [1.54, 1.807) is 19.1 Å². The van der Waals surface area contributed by atoms with Crippen molar-refractivity contribution in [2.45, 2.75) is 39.7 Å². The Morgan fingerprint density at radius 1 is 1.26 bits per heavy atom. The van der Waals surface area contributed by atoms with Crippen molar-refractivity contribution in [2.24, 2.45) is 5.92 Å². The van der Waals surface area contributed by atoms with Crippen LogP contribution in [0.4, 0.5) is 0 Å². The summed E-state index contributed by atoms with van der Waals surface area (Å²) in [6, 6.07) is -0.946. The zero-order valence-corrected chi connectivity index (χ0v) is 13.5. The van der Waals surface area contributed by atoms with Crippen LogP contribution in [0.15, 0.2) is 35.5 Å². The monoisotopic (exact) mass is 316 g/mol. The summed E-state index contributed by atoms with van der Waals surface area (Å²) in [5.41, 5.74) is 1.25. The van der Waals surface area contributed by atoms with Crippen LogP contribution in [0, 0.1) is 5.92 Å². The summed E-state index contributed by atoms with van der Waals surface area (Å²) in [6.07, 6.45) is 3.41. The molecule has 0 radical (unpaired) electrons. The third kappa shape index (κ3) is 2.76. The van der Waals surface area contributed by atoms with Crippen molar-refractivity contribution in [3.63, 3.8) is 0 Å². The Labute approximate surface area is 134 Å². The number of piperidine rings is 1. The highest BCUT2D eigenvalue weighted by molar-refractivity contribution is 6.26. The Kier molecular flexibility index (Phi) is 4.63. The third-order valence-electron chi connectivity index (χ3n) is 4.09. The first-order chi connectivity index (χ1) is 10.8. The first kappa shape index (κ1) is 16.9. The van der Waals surface area contributed by atoms with E-state index in [1.807, 2.05) is 13.8 Å². The quantitative estimate of drug-likeness (QED) is 0.627. The summed E-state index contributed by atoms with van der Waals surface area (Å²) in [7, 11) is 0. The number of nitrogens with zero attached hydrogens (tertiary/aromatic N) is 1. The van der Waals surface area contributed by atoms with E-state index in [9.17, 15) is 19.2 Å². The lowest BCUT2D eigenvalue weighted by atomic mass is 9.93. The lowest BCUT2D eigenvalue weighted by molar-refractivity contribution is -0.149. The highest BCUT2D eigenvalue weighted by Crippen LogP contribution is 2.33. The maximum absolute atomic E-state index is 12.8. The molecule has 0 saturated carbocycles. The molecule has 0 aliphatic carbocycles. The van der Waals surface area contributed by atoms with Crippen LogP contribution in [0.25, 0.3) is 0 Å². The lowest BCUT2D eigenvalue weighted by Gasteiger charge is -2.27. The van der Waals surface area contributed by atoms with Gasteiger partial charge in [-0.2, -0.15) is 0 Å². The number of likely N-dealkylation sites (tertiary alicyclic amines) is 1. The Hall–Kier alpha value is -2.50. The number of amides is 4. The summed E-state index contributed by atoms with van der Waals surface area (Å²) in [4.78, 5) is 49.7. The molecule has 1 unspecified atom stereocenters. The Bertz CT molecular complexity index is 670. The fraction of sp³-hybridized carbons (Fsp3) is 0.412. The van der Waals surface area contributed by atoms with Crippen LogP contribution in [0.2, 0.25) is 0 Å². The molecule has 0 aromatic carbocycles. The number of allylic oxidation sites excluding steroid dienone is 3. The van der Waals surface area contributed by atoms with E-state index >= 15 is 0 Å². The van der Waals surface area contributed by atoms with Gasteiger partial charge in [-0.3, -0.25) is 29.4 Å². The summed E-state index contributed by atoms with van der Waals surface area (Å²) < 4.78 is 0. The zero-order chi connectivity index (χ0) is 17.3.